The lowest BCUT2D eigenvalue weighted by Crippen LogP contribution is -2.63. The number of hydrogen-bond acceptors (Lipinski definition) is 6. The van der Waals surface area contributed by atoms with E-state index in [4.69, 9.17) is 16.3 Å². The fourth-order valence-electron chi connectivity index (χ4n) is 6.82. The van der Waals surface area contributed by atoms with E-state index in [1.54, 1.807) is 17.0 Å². The first kappa shape index (κ1) is 27.9. The summed E-state index contributed by atoms with van der Waals surface area (Å²) in [5, 5.41) is 0.724. The van der Waals surface area contributed by atoms with Gasteiger partial charge in [0.15, 0.2) is 5.82 Å². The number of halogens is 4. The van der Waals surface area contributed by atoms with Gasteiger partial charge in [0, 0.05) is 29.9 Å². The molecule has 0 spiro atoms. The molecule has 43 heavy (non-hydrogen) atoms. The fraction of sp³-hybridized carbons (Fsp3) is 0.344. The number of likely N-dealkylation sites (tertiary alicyclic amines) is 2. The Morgan fingerprint density at radius 2 is 1.95 bits per heavy atom. The van der Waals surface area contributed by atoms with E-state index >= 15 is 8.78 Å². The molecule has 0 saturated carbocycles. The SMILES string of the molecule is C=CC(=O)N1CCC2[C@H]1CN2c1nc(OC[C@@H]2CCCN2C)nc2c(F)c(-c3cccc4ccc(F)c(Cl)c34)c(F)cc12. The lowest BCUT2D eigenvalue weighted by atomic mass is 9.94. The van der Waals surface area contributed by atoms with E-state index in [-0.39, 0.29) is 62.5 Å². The predicted molar refractivity (Wildman–Crippen MR) is 160 cm³/mol. The quantitative estimate of drug-likeness (QED) is 0.252. The average molecular weight is 608 g/mol. The smallest absolute Gasteiger partial charge is 0.319 e. The van der Waals surface area contributed by atoms with Crippen LogP contribution in [0.1, 0.15) is 19.3 Å². The summed E-state index contributed by atoms with van der Waals surface area (Å²) in [4.78, 5) is 27.4. The van der Waals surface area contributed by atoms with E-state index in [1.807, 2.05) is 11.9 Å². The number of carbonyl (C=O) groups excluding carboxylic acids is 1. The lowest BCUT2D eigenvalue weighted by molar-refractivity contribution is -0.127. The van der Waals surface area contributed by atoms with Crippen LogP contribution in [0.3, 0.4) is 0 Å². The van der Waals surface area contributed by atoms with Gasteiger partial charge in [-0.2, -0.15) is 9.97 Å². The summed E-state index contributed by atoms with van der Waals surface area (Å²) in [5.41, 5.74) is -0.351. The molecule has 4 aromatic rings. The maximum Gasteiger partial charge on any atom is 0.319 e. The molecule has 1 aromatic heterocycles. The standard InChI is InChI=1S/C32H29ClF3N5O2/c1-3-25(42)40-13-11-23-24(40)15-41(23)31-20-14-22(35)27(19-8-4-6-17-9-10-21(34)28(33)26(17)19)29(36)30(20)37-32(38-31)43-16-18-7-5-12-39(18)2/h3-4,6,8-10,14,18,23-24H,1,5,7,11-13,15-16H2,2H3/t18-,23?,24+/m0/s1. The minimum atomic E-state index is -0.915. The van der Waals surface area contributed by atoms with Crippen LogP contribution in [0.25, 0.3) is 32.8 Å². The van der Waals surface area contributed by atoms with Crippen LogP contribution in [0.5, 0.6) is 6.01 Å². The number of carbonyl (C=O) groups is 1. The second-order valence-corrected chi connectivity index (χ2v) is 11.8. The Balaban J connectivity index is 1.36. The predicted octanol–water partition coefficient (Wildman–Crippen LogP) is 5.97. The van der Waals surface area contributed by atoms with Crippen LogP contribution in [0.15, 0.2) is 49.1 Å². The van der Waals surface area contributed by atoms with Crippen LogP contribution in [-0.2, 0) is 4.79 Å². The van der Waals surface area contributed by atoms with Crippen LogP contribution in [0.2, 0.25) is 5.02 Å². The topological polar surface area (TPSA) is 61.8 Å². The summed E-state index contributed by atoms with van der Waals surface area (Å²) >= 11 is 6.32. The van der Waals surface area contributed by atoms with Crippen LogP contribution in [-0.4, -0.2) is 77.1 Å². The number of anilines is 1. The zero-order chi connectivity index (χ0) is 30.0. The summed E-state index contributed by atoms with van der Waals surface area (Å²) in [6.07, 6.45) is 4.00. The van der Waals surface area contributed by atoms with Crippen molar-refractivity contribution in [3.05, 3.63) is 71.5 Å². The number of likely N-dealkylation sites (N-methyl/N-ethyl adjacent to an activating group) is 1. The zero-order valence-electron chi connectivity index (χ0n) is 23.5. The van der Waals surface area contributed by atoms with Crippen molar-refractivity contribution in [3.8, 4) is 17.1 Å². The number of nitrogens with zero attached hydrogens (tertiary/aromatic N) is 5. The van der Waals surface area contributed by atoms with Gasteiger partial charge in [-0.3, -0.25) is 4.79 Å². The number of ether oxygens (including phenoxy) is 1. The molecular formula is C32H29ClF3N5O2. The van der Waals surface area contributed by atoms with Crippen molar-refractivity contribution >= 4 is 45.0 Å². The van der Waals surface area contributed by atoms with Crippen molar-refractivity contribution in [2.24, 2.45) is 0 Å². The lowest BCUT2D eigenvalue weighted by Gasteiger charge is -2.47. The first-order valence-electron chi connectivity index (χ1n) is 14.4. The third kappa shape index (κ3) is 4.50. The van der Waals surface area contributed by atoms with Crippen LogP contribution < -0.4 is 9.64 Å². The highest BCUT2D eigenvalue weighted by Crippen LogP contribution is 2.43. The molecule has 11 heteroatoms. The maximum atomic E-state index is 16.6. The second kappa shape index (κ2) is 10.7. The Hall–Kier alpha value is -3.89. The maximum absolute atomic E-state index is 16.6. The molecule has 0 aliphatic carbocycles. The van der Waals surface area contributed by atoms with Gasteiger partial charge in [0.05, 0.1) is 22.7 Å². The summed E-state index contributed by atoms with van der Waals surface area (Å²) in [7, 11) is 2.02. The van der Waals surface area contributed by atoms with Gasteiger partial charge < -0.3 is 19.4 Å². The van der Waals surface area contributed by atoms with Crippen molar-refractivity contribution in [2.45, 2.75) is 37.4 Å². The first-order valence-corrected chi connectivity index (χ1v) is 14.7. The van der Waals surface area contributed by atoms with Crippen molar-refractivity contribution < 1.29 is 22.7 Å². The highest BCUT2D eigenvalue weighted by Gasteiger charge is 2.49. The Labute approximate surface area is 251 Å². The normalized spacial score (nSPS) is 21.8. The molecule has 222 valence electrons. The molecule has 0 bridgehead atoms. The molecule has 3 fully saturated rings. The third-order valence-corrected chi connectivity index (χ3v) is 9.52. The van der Waals surface area contributed by atoms with E-state index in [0.717, 1.165) is 19.4 Å². The number of benzene rings is 3. The number of hydrogen-bond donors (Lipinski definition) is 0. The van der Waals surface area contributed by atoms with Gasteiger partial charge in [-0.15, -0.1) is 0 Å². The zero-order valence-corrected chi connectivity index (χ0v) is 24.3. The third-order valence-electron chi connectivity index (χ3n) is 9.15. The first-order chi connectivity index (χ1) is 20.8. The van der Waals surface area contributed by atoms with Gasteiger partial charge >= 0.3 is 6.01 Å². The molecule has 0 N–H and O–H groups in total. The van der Waals surface area contributed by atoms with Gasteiger partial charge in [-0.05, 0) is 62.0 Å². The number of amides is 1. The van der Waals surface area contributed by atoms with Crippen molar-refractivity contribution in [3.63, 3.8) is 0 Å². The average Bonchev–Trinajstić information content (AvgIpc) is 3.55. The van der Waals surface area contributed by atoms with Crippen LogP contribution in [0, 0.1) is 17.5 Å². The van der Waals surface area contributed by atoms with Gasteiger partial charge in [0.2, 0.25) is 5.91 Å². The molecule has 3 saturated heterocycles. The van der Waals surface area contributed by atoms with Crippen molar-refractivity contribution in [2.75, 3.05) is 38.2 Å². The summed E-state index contributed by atoms with van der Waals surface area (Å²) in [6, 6.07) is 8.87. The highest BCUT2D eigenvalue weighted by atomic mass is 35.5. The molecule has 0 radical (unpaired) electrons. The van der Waals surface area contributed by atoms with Crippen molar-refractivity contribution in [1.82, 2.24) is 19.8 Å². The van der Waals surface area contributed by atoms with Gasteiger partial charge in [-0.1, -0.05) is 42.4 Å². The Bertz CT molecular complexity index is 1800. The monoisotopic (exact) mass is 607 g/mol. The molecule has 1 unspecified atom stereocenters. The Morgan fingerprint density at radius 3 is 2.72 bits per heavy atom. The second-order valence-electron chi connectivity index (χ2n) is 11.4. The largest absolute Gasteiger partial charge is 0.462 e. The van der Waals surface area contributed by atoms with E-state index in [2.05, 4.69) is 21.4 Å². The van der Waals surface area contributed by atoms with E-state index in [1.165, 1.54) is 30.3 Å². The molecule has 3 atom stereocenters. The summed E-state index contributed by atoms with van der Waals surface area (Å²) in [5.74, 6) is -2.25. The summed E-state index contributed by atoms with van der Waals surface area (Å²) in [6.45, 7) is 5.89. The van der Waals surface area contributed by atoms with Crippen LogP contribution >= 0.6 is 11.6 Å². The minimum Gasteiger partial charge on any atom is -0.462 e. The summed E-state index contributed by atoms with van der Waals surface area (Å²) < 4.78 is 53.2. The van der Waals surface area contributed by atoms with Crippen LogP contribution in [0.4, 0.5) is 19.0 Å². The Kier molecular flexibility index (Phi) is 6.93. The fourth-order valence-corrected chi connectivity index (χ4v) is 7.10. The molecule has 3 aromatic carbocycles. The molecule has 1 amide bonds. The molecular weight excluding hydrogens is 579 g/mol. The number of rotatable bonds is 6. The number of aromatic nitrogens is 2. The van der Waals surface area contributed by atoms with Crippen molar-refractivity contribution in [1.29, 1.82) is 0 Å². The van der Waals surface area contributed by atoms with E-state index in [9.17, 15) is 9.18 Å². The van der Waals surface area contributed by atoms with Gasteiger partial charge in [0.1, 0.15) is 29.6 Å². The minimum absolute atomic E-state index is 0.0123. The van der Waals surface area contributed by atoms with Gasteiger partial charge in [0.25, 0.3) is 0 Å². The Morgan fingerprint density at radius 1 is 1.12 bits per heavy atom. The highest BCUT2D eigenvalue weighted by molar-refractivity contribution is 6.37. The molecule has 4 heterocycles. The molecule has 7 nitrogen and oxygen atoms in total. The molecule has 3 aliphatic heterocycles. The van der Waals surface area contributed by atoms with E-state index < -0.39 is 17.5 Å². The molecule has 3 aliphatic rings. The van der Waals surface area contributed by atoms with E-state index in [0.29, 0.717) is 37.3 Å². The molecule has 7 rings (SSSR count). The van der Waals surface area contributed by atoms with Gasteiger partial charge in [-0.25, -0.2) is 13.2 Å². The number of fused-ring (bicyclic) bond motifs is 3.